The molecule has 0 aliphatic carbocycles. The van der Waals surface area contributed by atoms with Gasteiger partial charge in [-0.15, -0.1) is 0 Å². The van der Waals surface area contributed by atoms with E-state index < -0.39 is 5.60 Å². The van der Waals surface area contributed by atoms with Gasteiger partial charge in [0.1, 0.15) is 18.0 Å². The molecule has 1 atom stereocenters. The molecule has 1 fully saturated rings. The minimum Gasteiger partial charge on any atom is -0.493 e. The normalized spacial score (nSPS) is 16.7. The van der Waals surface area contributed by atoms with Crippen LogP contribution in [0.3, 0.4) is 0 Å². The summed E-state index contributed by atoms with van der Waals surface area (Å²) in [6.45, 7) is 10.9. The largest absolute Gasteiger partial charge is 0.493 e. The third-order valence-electron chi connectivity index (χ3n) is 5.67. The van der Waals surface area contributed by atoms with E-state index in [1.807, 2.05) is 51.1 Å². The maximum Gasteiger partial charge on any atom is 0.307 e. The molecule has 1 aliphatic rings. The Morgan fingerprint density at radius 1 is 1.15 bits per heavy atom. The molecule has 2 aromatic rings. The Morgan fingerprint density at radius 2 is 1.94 bits per heavy atom. The number of nitrogens with zero attached hydrogens (tertiary/aromatic N) is 1. The fourth-order valence-electron chi connectivity index (χ4n) is 4.06. The smallest absolute Gasteiger partial charge is 0.307 e. The standard InChI is InChI=1S/C27H37NO6/c1-19-16-21(33-18-20-8-7-9-23(30-5)26(20)31-6)10-11-22(19)24-17-28(14-15-32-24)13-12-25(29)34-27(2,3)4/h7-11,16,24H,12-15,17-18H2,1-6H3. The zero-order chi connectivity index (χ0) is 24.7. The summed E-state index contributed by atoms with van der Waals surface area (Å²) in [5.41, 5.74) is 2.70. The van der Waals surface area contributed by atoms with Gasteiger partial charge in [0.05, 0.1) is 33.4 Å². The Bertz CT molecular complexity index is 968. The molecule has 7 nitrogen and oxygen atoms in total. The highest BCUT2D eigenvalue weighted by atomic mass is 16.6. The van der Waals surface area contributed by atoms with Crippen LogP contribution in [0.5, 0.6) is 17.2 Å². The molecule has 0 saturated carbocycles. The van der Waals surface area contributed by atoms with Crippen LogP contribution >= 0.6 is 0 Å². The Morgan fingerprint density at radius 3 is 2.62 bits per heavy atom. The molecular formula is C27H37NO6. The van der Waals surface area contributed by atoms with Gasteiger partial charge < -0.3 is 23.7 Å². The summed E-state index contributed by atoms with van der Waals surface area (Å²) in [5, 5.41) is 0. The lowest BCUT2D eigenvalue weighted by Gasteiger charge is -2.33. The van der Waals surface area contributed by atoms with Gasteiger partial charge in [-0.3, -0.25) is 9.69 Å². The highest BCUT2D eigenvalue weighted by Gasteiger charge is 2.25. The molecule has 0 radical (unpaired) electrons. The molecule has 0 amide bonds. The van der Waals surface area contributed by atoms with Gasteiger partial charge in [-0.1, -0.05) is 18.2 Å². The van der Waals surface area contributed by atoms with E-state index in [-0.39, 0.29) is 12.1 Å². The summed E-state index contributed by atoms with van der Waals surface area (Å²) in [5.74, 6) is 1.98. The van der Waals surface area contributed by atoms with Crippen LogP contribution in [-0.2, 0) is 20.9 Å². The minimum atomic E-state index is -0.455. The number of carbonyl (C=O) groups excluding carboxylic acids is 1. The van der Waals surface area contributed by atoms with Gasteiger partial charge in [-0.05, 0) is 57.0 Å². The first-order valence-electron chi connectivity index (χ1n) is 11.7. The molecule has 0 aromatic heterocycles. The second-order valence-corrected chi connectivity index (χ2v) is 9.46. The third kappa shape index (κ3) is 7.11. The molecule has 7 heteroatoms. The number of hydrogen-bond donors (Lipinski definition) is 0. The average molecular weight is 472 g/mol. The summed E-state index contributed by atoms with van der Waals surface area (Å²) in [6.07, 6.45) is 0.337. The van der Waals surface area contributed by atoms with E-state index in [1.54, 1.807) is 14.2 Å². The van der Waals surface area contributed by atoms with E-state index >= 15 is 0 Å². The lowest BCUT2D eigenvalue weighted by molar-refractivity contribution is -0.155. The number of morpholine rings is 1. The molecule has 1 saturated heterocycles. The topological polar surface area (TPSA) is 66.5 Å². The SMILES string of the molecule is COc1cccc(COc2ccc(C3CN(CCC(=O)OC(C)(C)C)CCO3)c(C)c2)c1OC. The Balaban J connectivity index is 1.59. The number of ether oxygens (including phenoxy) is 5. The molecular weight excluding hydrogens is 434 g/mol. The highest BCUT2D eigenvalue weighted by molar-refractivity contribution is 5.70. The number of para-hydroxylation sites is 1. The molecule has 1 heterocycles. The van der Waals surface area contributed by atoms with Crippen LogP contribution in [-0.4, -0.2) is 56.9 Å². The molecule has 0 spiro atoms. The fourth-order valence-corrected chi connectivity index (χ4v) is 4.06. The zero-order valence-corrected chi connectivity index (χ0v) is 21.2. The van der Waals surface area contributed by atoms with Gasteiger partial charge in [0.25, 0.3) is 0 Å². The van der Waals surface area contributed by atoms with Crippen molar-refractivity contribution < 1.29 is 28.5 Å². The first kappa shape index (κ1) is 25.8. The number of methoxy groups -OCH3 is 2. The molecule has 186 valence electrons. The van der Waals surface area contributed by atoms with Crippen molar-refractivity contribution >= 4 is 5.97 Å². The van der Waals surface area contributed by atoms with Crippen LogP contribution in [0.2, 0.25) is 0 Å². The van der Waals surface area contributed by atoms with Crippen molar-refractivity contribution in [2.45, 2.75) is 52.4 Å². The number of esters is 1. The van der Waals surface area contributed by atoms with Gasteiger partial charge in [0.2, 0.25) is 0 Å². The van der Waals surface area contributed by atoms with Crippen molar-refractivity contribution in [1.82, 2.24) is 4.90 Å². The number of benzene rings is 2. The number of aryl methyl sites for hydroxylation is 1. The number of rotatable bonds is 9. The highest BCUT2D eigenvalue weighted by Crippen LogP contribution is 2.32. The van der Waals surface area contributed by atoms with Gasteiger partial charge in [0.15, 0.2) is 11.5 Å². The molecule has 1 unspecified atom stereocenters. The van der Waals surface area contributed by atoms with Crippen LogP contribution in [0, 0.1) is 6.92 Å². The predicted molar refractivity (Wildman–Crippen MR) is 131 cm³/mol. The fraction of sp³-hybridized carbons (Fsp3) is 0.519. The van der Waals surface area contributed by atoms with Crippen molar-refractivity contribution in [3.63, 3.8) is 0 Å². The minimum absolute atomic E-state index is 0.0417. The lowest BCUT2D eigenvalue weighted by Crippen LogP contribution is -2.40. The van der Waals surface area contributed by atoms with Crippen molar-refractivity contribution in [2.24, 2.45) is 0 Å². The van der Waals surface area contributed by atoms with Gasteiger partial charge in [-0.25, -0.2) is 0 Å². The van der Waals surface area contributed by atoms with Crippen LogP contribution < -0.4 is 14.2 Å². The molecule has 2 aromatic carbocycles. The summed E-state index contributed by atoms with van der Waals surface area (Å²) in [4.78, 5) is 14.3. The first-order chi connectivity index (χ1) is 16.2. The molecule has 34 heavy (non-hydrogen) atoms. The van der Waals surface area contributed by atoms with Crippen molar-refractivity contribution in [2.75, 3.05) is 40.5 Å². The lowest BCUT2D eigenvalue weighted by atomic mass is 10.0. The zero-order valence-electron chi connectivity index (χ0n) is 21.2. The van der Waals surface area contributed by atoms with E-state index in [0.29, 0.717) is 37.7 Å². The Hall–Kier alpha value is -2.77. The maximum atomic E-state index is 12.1. The second kappa shape index (κ2) is 11.6. The monoisotopic (exact) mass is 471 g/mol. The third-order valence-corrected chi connectivity index (χ3v) is 5.67. The first-order valence-corrected chi connectivity index (χ1v) is 11.7. The molecule has 1 aliphatic heterocycles. The van der Waals surface area contributed by atoms with Gasteiger partial charge in [-0.2, -0.15) is 0 Å². The quantitative estimate of drug-likeness (QED) is 0.491. The number of carbonyl (C=O) groups is 1. The van der Waals surface area contributed by atoms with Crippen LogP contribution in [0.4, 0.5) is 0 Å². The van der Waals surface area contributed by atoms with Gasteiger partial charge in [0, 0.05) is 25.2 Å². The van der Waals surface area contributed by atoms with E-state index in [4.69, 9.17) is 23.7 Å². The van der Waals surface area contributed by atoms with Crippen LogP contribution in [0.1, 0.15) is 50.0 Å². The van der Waals surface area contributed by atoms with E-state index in [9.17, 15) is 4.79 Å². The summed E-state index contributed by atoms with van der Waals surface area (Å²) in [7, 11) is 3.25. The maximum absolute atomic E-state index is 12.1. The Kier molecular flexibility index (Phi) is 8.80. The van der Waals surface area contributed by atoms with Crippen LogP contribution in [0.25, 0.3) is 0 Å². The average Bonchev–Trinajstić information content (AvgIpc) is 2.80. The second-order valence-electron chi connectivity index (χ2n) is 9.46. The molecule has 0 bridgehead atoms. The summed E-state index contributed by atoms with van der Waals surface area (Å²) >= 11 is 0. The van der Waals surface area contributed by atoms with Gasteiger partial charge >= 0.3 is 5.97 Å². The van der Waals surface area contributed by atoms with E-state index in [1.165, 1.54) is 0 Å². The van der Waals surface area contributed by atoms with E-state index in [2.05, 4.69) is 17.9 Å². The Labute approximate surface area is 202 Å². The molecule has 3 rings (SSSR count). The van der Waals surface area contributed by atoms with Crippen LogP contribution in [0.15, 0.2) is 36.4 Å². The van der Waals surface area contributed by atoms with Crippen molar-refractivity contribution in [1.29, 1.82) is 0 Å². The summed E-state index contributed by atoms with van der Waals surface area (Å²) < 4.78 is 28.4. The predicted octanol–water partition coefficient (Wildman–Crippen LogP) is 4.70. The summed E-state index contributed by atoms with van der Waals surface area (Å²) in [6, 6.07) is 11.8. The van der Waals surface area contributed by atoms with E-state index in [0.717, 1.165) is 35.5 Å². The molecule has 0 N–H and O–H groups in total. The van der Waals surface area contributed by atoms with Crippen molar-refractivity contribution in [3.05, 3.63) is 53.1 Å². The van der Waals surface area contributed by atoms with Crippen molar-refractivity contribution in [3.8, 4) is 17.2 Å². The number of hydrogen-bond acceptors (Lipinski definition) is 7.